The number of nitrogens with zero attached hydrogens (tertiary/aromatic N) is 1. The van der Waals surface area contributed by atoms with Crippen molar-refractivity contribution in [1.29, 1.82) is 0 Å². The van der Waals surface area contributed by atoms with E-state index >= 15 is 0 Å². The van der Waals surface area contributed by atoms with Crippen molar-refractivity contribution in [3.8, 4) is 17.0 Å². The van der Waals surface area contributed by atoms with Gasteiger partial charge in [0.25, 0.3) is 0 Å². The molecule has 2 heteroatoms. The van der Waals surface area contributed by atoms with Crippen molar-refractivity contribution in [3.63, 3.8) is 0 Å². The molecule has 22 heavy (non-hydrogen) atoms. The summed E-state index contributed by atoms with van der Waals surface area (Å²) in [6, 6.07) is 22.1. The monoisotopic (exact) mass is 287 g/mol. The van der Waals surface area contributed by atoms with Crippen molar-refractivity contribution in [3.05, 3.63) is 90.6 Å². The van der Waals surface area contributed by atoms with Crippen LogP contribution in [0, 0.1) is 0 Å². The van der Waals surface area contributed by atoms with E-state index in [1.165, 1.54) is 0 Å². The third kappa shape index (κ3) is 3.41. The summed E-state index contributed by atoms with van der Waals surface area (Å²) in [6.07, 6.45) is 3.62. The Balaban J connectivity index is 1.78. The molecule has 108 valence electrons. The summed E-state index contributed by atoms with van der Waals surface area (Å²) in [7, 11) is 0. The topological polar surface area (TPSA) is 22.1 Å². The molecule has 0 saturated heterocycles. The molecule has 0 aliphatic carbocycles. The lowest BCUT2D eigenvalue weighted by Crippen LogP contribution is -1.95. The van der Waals surface area contributed by atoms with Gasteiger partial charge in [-0.3, -0.25) is 4.98 Å². The Bertz CT molecular complexity index is 765. The maximum atomic E-state index is 5.86. The van der Waals surface area contributed by atoms with Crippen LogP contribution < -0.4 is 4.74 Å². The highest BCUT2D eigenvalue weighted by atomic mass is 16.5. The molecule has 0 aliphatic rings. The summed E-state index contributed by atoms with van der Waals surface area (Å²) in [5, 5.41) is 0. The molecule has 0 unspecified atom stereocenters. The van der Waals surface area contributed by atoms with Crippen LogP contribution in [0.25, 0.3) is 17.3 Å². The van der Waals surface area contributed by atoms with E-state index in [0.717, 1.165) is 28.1 Å². The van der Waals surface area contributed by atoms with Crippen molar-refractivity contribution in [1.82, 2.24) is 4.98 Å². The van der Waals surface area contributed by atoms with Crippen LogP contribution >= 0.6 is 0 Å². The molecule has 0 bridgehead atoms. The van der Waals surface area contributed by atoms with Crippen LogP contribution in [0.1, 0.15) is 11.1 Å². The number of aromatic nitrogens is 1. The molecule has 3 rings (SSSR count). The minimum absolute atomic E-state index is 0.560. The summed E-state index contributed by atoms with van der Waals surface area (Å²) < 4.78 is 5.86. The molecule has 2 aromatic carbocycles. The highest BCUT2D eigenvalue weighted by Crippen LogP contribution is 2.23. The van der Waals surface area contributed by atoms with Crippen molar-refractivity contribution >= 4 is 6.08 Å². The predicted molar refractivity (Wildman–Crippen MR) is 90.5 cm³/mol. The van der Waals surface area contributed by atoms with Gasteiger partial charge in [0.2, 0.25) is 0 Å². The van der Waals surface area contributed by atoms with E-state index in [2.05, 4.69) is 23.7 Å². The van der Waals surface area contributed by atoms with E-state index in [1.54, 1.807) is 6.20 Å². The first-order valence-corrected chi connectivity index (χ1v) is 7.21. The molecule has 3 aromatic rings. The summed E-state index contributed by atoms with van der Waals surface area (Å²) in [4.78, 5) is 4.41. The van der Waals surface area contributed by atoms with Crippen LogP contribution in [0.2, 0.25) is 0 Å². The molecule has 0 radical (unpaired) electrons. The Morgan fingerprint density at radius 2 is 1.82 bits per heavy atom. The number of pyridine rings is 1. The summed E-state index contributed by atoms with van der Waals surface area (Å²) >= 11 is 0. The largest absolute Gasteiger partial charge is 0.489 e. The van der Waals surface area contributed by atoms with Gasteiger partial charge in [0.15, 0.2) is 0 Å². The third-order valence-electron chi connectivity index (χ3n) is 3.40. The lowest BCUT2D eigenvalue weighted by atomic mass is 10.1. The first-order chi connectivity index (χ1) is 10.8. The van der Waals surface area contributed by atoms with Crippen molar-refractivity contribution in [2.45, 2.75) is 6.61 Å². The van der Waals surface area contributed by atoms with E-state index in [1.807, 2.05) is 60.7 Å². The second-order valence-corrected chi connectivity index (χ2v) is 4.98. The minimum Gasteiger partial charge on any atom is -0.489 e. The average molecular weight is 287 g/mol. The van der Waals surface area contributed by atoms with Crippen molar-refractivity contribution in [2.24, 2.45) is 0 Å². The van der Waals surface area contributed by atoms with Gasteiger partial charge in [-0.25, -0.2) is 0 Å². The zero-order valence-electron chi connectivity index (χ0n) is 12.3. The first-order valence-electron chi connectivity index (χ1n) is 7.21. The lowest BCUT2D eigenvalue weighted by molar-refractivity contribution is 0.306. The van der Waals surface area contributed by atoms with E-state index < -0.39 is 0 Å². The highest BCUT2D eigenvalue weighted by Gasteiger charge is 2.02. The highest BCUT2D eigenvalue weighted by molar-refractivity contribution is 5.64. The number of hydrogen-bond acceptors (Lipinski definition) is 2. The number of rotatable bonds is 5. The van der Waals surface area contributed by atoms with Crippen LogP contribution in [0.15, 0.2) is 79.5 Å². The van der Waals surface area contributed by atoms with Crippen LogP contribution in [0.5, 0.6) is 5.75 Å². The quantitative estimate of drug-likeness (QED) is 0.661. The molecule has 1 heterocycles. The molecule has 0 saturated carbocycles. The Labute approximate surface area is 130 Å². The van der Waals surface area contributed by atoms with Gasteiger partial charge in [-0.2, -0.15) is 0 Å². The van der Waals surface area contributed by atoms with Gasteiger partial charge in [0, 0.05) is 11.8 Å². The zero-order valence-corrected chi connectivity index (χ0v) is 12.3. The molecular weight excluding hydrogens is 270 g/mol. The van der Waals surface area contributed by atoms with Gasteiger partial charge in [0.1, 0.15) is 12.4 Å². The standard InChI is InChI=1S/C20H17NO/c1-2-16-11-12-21-20(13-16)18-9-6-10-19(14-18)22-15-17-7-4-3-5-8-17/h2-14H,1,15H2. The summed E-state index contributed by atoms with van der Waals surface area (Å²) in [5.41, 5.74) is 4.16. The van der Waals surface area contributed by atoms with Gasteiger partial charge >= 0.3 is 0 Å². The van der Waals surface area contributed by atoms with Crippen LogP contribution in [-0.4, -0.2) is 4.98 Å². The Kier molecular flexibility index (Phi) is 4.30. The van der Waals surface area contributed by atoms with Gasteiger partial charge in [-0.15, -0.1) is 0 Å². The Morgan fingerprint density at radius 3 is 2.64 bits per heavy atom. The van der Waals surface area contributed by atoms with Gasteiger partial charge < -0.3 is 4.74 Å². The fourth-order valence-electron chi connectivity index (χ4n) is 2.22. The summed E-state index contributed by atoms with van der Waals surface area (Å²) in [6.45, 7) is 4.35. The molecule has 0 atom stereocenters. The number of benzene rings is 2. The summed E-state index contributed by atoms with van der Waals surface area (Å²) in [5.74, 6) is 0.840. The second kappa shape index (κ2) is 6.72. The van der Waals surface area contributed by atoms with Gasteiger partial charge in [0.05, 0.1) is 5.69 Å². The van der Waals surface area contributed by atoms with Gasteiger partial charge in [-0.05, 0) is 35.4 Å². The Hall–Kier alpha value is -2.87. The van der Waals surface area contributed by atoms with Crippen LogP contribution in [0.4, 0.5) is 0 Å². The van der Waals surface area contributed by atoms with E-state index in [0.29, 0.717) is 6.61 Å². The molecule has 0 spiro atoms. The van der Waals surface area contributed by atoms with Crippen LogP contribution in [-0.2, 0) is 6.61 Å². The normalized spacial score (nSPS) is 10.2. The molecule has 0 amide bonds. The zero-order chi connectivity index (χ0) is 15.2. The molecule has 2 nitrogen and oxygen atoms in total. The average Bonchev–Trinajstić information content (AvgIpc) is 2.61. The van der Waals surface area contributed by atoms with E-state index in [9.17, 15) is 0 Å². The fraction of sp³-hybridized carbons (Fsp3) is 0.0500. The van der Waals surface area contributed by atoms with Crippen molar-refractivity contribution in [2.75, 3.05) is 0 Å². The predicted octanol–water partition coefficient (Wildman–Crippen LogP) is 4.97. The maximum absolute atomic E-state index is 5.86. The van der Waals surface area contributed by atoms with Crippen molar-refractivity contribution < 1.29 is 4.74 Å². The van der Waals surface area contributed by atoms with Crippen LogP contribution in [0.3, 0.4) is 0 Å². The third-order valence-corrected chi connectivity index (χ3v) is 3.40. The van der Waals surface area contributed by atoms with E-state index in [-0.39, 0.29) is 0 Å². The minimum atomic E-state index is 0.560. The maximum Gasteiger partial charge on any atom is 0.120 e. The Morgan fingerprint density at radius 1 is 0.955 bits per heavy atom. The second-order valence-electron chi connectivity index (χ2n) is 4.98. The molecule has 0 N–H and O–H groups in total. The number of ether oxygens (including phenoxy) is 1. The lowest BCUT2D eigenvalue weighted by Gasteiger charge is -2.08. The smallest absolute Gasteiger partial charge is 0.120 e. The molecule has 0 fully saturated rings. The first kappa shape index (κ1) is 14.1. The van der Waals surface area contributed by atoms with Gasteiger partial charge in [-0.1, -0.05) is 55.1 Å². The molecule has 1 aromatic heterocycles. The van der Waals surface area contributed by atoms with E-state index in [4.69, 9.17) is 4.74 Å². The molecular formula is C20H17NO. The SMILES string of the molecule is C=Cc1ccnc(-c2cccc(OCc3ccccc3)c2)c1. The fourth-order valence-corrected chi connectivity index (χ4v) is 2.22. The molecule has 0 aliphatic heterocycles. The number of hydrogen-bond donors (Lipinski definition) is 0.